The first-order valence-electron chi connectivity index (χ1n) is 9.41. The summed E-state index contributed by atoms with van der Waals surface area (Å²) < 4.78 is 0. The van der Waals surface area contributed by atoms with Crippen LogP contribution in [-0.2, 0) is 6.54 Å². The maximum atomic E-state index is 12.1. The van der Waals surface area contributed by atoms with Crippen LogP contribution in [0.15, 0.2) is 53.8 Å². The number of rotatable bonds is 6. The molecule has 0 saturated carbocycles. The van der Waals surface area contributed by atoms with E-state index in [4.69, 9.17) is 11.6 Å². The Kier molecular flexibility index (Phi) is 6.96. The van der Waals surface area contributed by atoms with Crippen molar-refractivity contribution in [1.82, 2.24) is 15.3 Å². The first-order chi connectivity index (χ1) is 13.2. The topological polar surface area (TPSA) is 57.6 Å². The van der Waals surface area contributed by atoms with Crippen LogP contribution >= 0.6 is 11.6 Å². The molecule has 1 amide bonds. The molecular weight excluding hydrogens is 360 g/mol. The highest BCUT2D eigenvalue weighted by atomic mass is 35.5. The molecular formula is C21H25ClN4O. The Labute approximate surface area is 165 Å². The lowest BCUT2D eigenvalue weighted by Crippen LogP contribution is -2.36. The minimum atomic E-state index is -0.266. The molecule has 0 aliphatic carbocycles. The Hall–Kier alpha value is -2.24. The van der Waals surface area contributed by atoms with Gasteiger partial charge in [0.1, 0.15) is 5.69 Å². The molecule has 5 nitrogen and oxygen atoms in total. The number of nitrogens with one attached hydrogen (secondary N) is 1. The minimum Gasteiger partial charge on any atom is -0.299 e. The molecule has 27 heavy (non-hydrogen) atoms. The van der Waals surface area contributed by atoms with E-state index < -0.39 is 0 Å². The zero-order valence-corrected chi connectivity index (χ0v) is 16.3. The van der Waals surface area contributed by atoms with E-state index in [0.717, 1.165) is 49.6 Å². The van der Waals surface area contributed by atoms with Crippen molar-refractivity contribution in [2.24, 2.45) is 11.0 Å². The average molecular weight is 385 g/mol. The van der Waals surface area contributed by atoms with Crippen molar-refractivity contribution in [1.29, 1.82) is 0 Å². The molecule has 1 aromatic carbocycles. The fourth-order valence-corrected chi connectivity index (χ4v) is 3.62. The van der Waals surface area contributed by atoms with E-state index in [0.29, 0.717) is 11.6 Å². The largest absolute Gasteiger partial charge is 0.299 e. The zero-order valence-electron chi connectivity index (χ0n) is 15.6. The molecule has 3 rings (SSSR count). The molecule has 1 aliphatic heterocycles. The van der Waals surface area contributed by atoms with E-state index in [2.05, 4.69) is 33.4 Å². The van der Waals surface area contributed by atoms with E-state index in [9.17, 15) is 4.79 Å². The smallest absolute Gasteiger partial charge is 0.289 e. The molecule has 0 atom stereocenters. The van der Waals surface area contributed by atoms with Crippen LogP contribution in [0.25, 0.3) is 0 Å². The first kappa shape index (κ1) is 19.5. The van der Waals surface area contributed by atoms with Gasteiger partial charge < -0.3 is 0 Å². The summed E-state index contributed by atoms with van der Waals surface area (Å²) in [6.45, 7) is 4.97. The monoisotopic (exact) mass is 384 g/mol. The van der Waals surface area contributed by atoms with Crippen molar-refractivity contribution < 1.29 is 4.79 Å². The van der Waals surface area contributed by atoms with Gasteiger partial charge in [-0.3, -0.25) is 14.7 Å². The van der Waals surface area contributed by atoms with Crippen molar-refractivity contribution >= 4 is 23.2 Å². The molecule has 0 spiro atoms. The average Bonchev–Trinajstić information content (AvgIpc) is 2.72. The van der Waals surface area contributed by atoms with Crippen LogP contribution in [-0.4, -0.2) is 34.6 Å². The van der Waals surface area contributed by atoms with Crippen LogP contribution in [0, 0.1) is 5.92 Å². The predicted octanol–water partition coefficient (Wildman–Crippen LogP) is 4.14. The second-order valence-corrected chi connectivity index (χ2v) is 7.16. The van der Waals surface area contributed by atoms with Crippen molar-refractivity contribution in [3.63, 3.8) is 0 Å². The zero-order chi connectivity index (χ0) is 19.1. The van der Waals surface area contributed by atoms with Gasteiger partial charge in [0, 0.05) is 29.4 Å². The molecule has 1 aliphatic rings. The Bertz CT molecular complexity index is 786. The Morgan fingerprint density at radius 3 is 2.63 bits per heavy atom. The Morgan fingerprint density at radius 1 is 1.22 bits per heavy atom. The number of amides is 1. The van der Waals surface area contributed by atoms with E-state index in [-0.39, 0.29) is 5.91 Å². The number of likely N-dealkylation sites (tertiary alicyclic amines) is 1. The van der Waals surface area contributed by atoms with Gasteiger partial charge in [-0.05, 0) is 56.1 Å². The summed E-state index contributed by atoms with van der Waals surface area (Å²) in [7, 11) is 0. The third kappa shape index (κ3) is 5.37. The van der Waals surface area contributed by atoms with Gasteiger partial charge in [-0.25, -0.2) is 5.43 Å². The highest BCUT2D eigenvalue weighted by Gasteiger charge is 2.23. The predicted molar refractivity (Wildman–Crippen MR) is 109 cm³/mol. The molecule has 0 bridgehead atoms. The molecule has 142 valence electrons. The summed E-state index contributed by atoms with van der Waals surface area (Å²) in [4.78, 5) is 18.6. The van der Waals surface area contributed by atoms with Gasteiger partial charge in [-0.15, -0.1) is 0 Å². The highest BCUT2D eigenvalue weighted by Crippen LogP contribution is 2.23. The number of benzene rings is 1. The first-order valence-corrected chi connectivity index (χ1v) is 9.78. The van der Waals surface area contributed by atoms with Gasteiger partial charge in [0.25, 0.3) is 5.91 Å². The normalized spacial score (nSPS) is 16.3. The Balaban J connectivity index is 1.54. The van der Waals surface area contributed by atoms with Crippen molar-refractivity contribution in [2.45, 2.75) is 32.7 Å². The highest BCUT2D eigenvalue weighted by molar-refractivity contribution is 6.31. The lowest BCUT2D eigenvalue weighted by atomic mass is 9.90. The van der Waals surface area contributed by atoms with Gasteiger partial charge in [0.05, 0.1) is 0 Å². The van der Waals surface area contributed by atoms with Crippen molar-refractivity contribution in [3.05, 3.63) is 64.9 Å². The maximum absolute atomic E-state index is 12.1. The van der Waals surface area contributed by atoms with Crippen molar-refractivity contribution in [2.75, 3.05) is 13.1 Å². The number of hydrazone groups is 1. The lowest BCUT2D eigenvalue weighted by molar-refractivity contribution is 0.0949. The van der Waals surface area contributed by atoms with Crippen LogP contribution in [0.2, 0.25) is 5.02 Å². The van der Waals surface area contributed by atoms with Crippen LogP contribution in [0.4, 0.5) is 0 Å². The number of carbonyl (C=O) groups excluding carboxylic acids is 1. The van der Waals surface area contributed by atoms with Crippen LogP contribution in [0.5, 0.6) is 0 Å². The summed E-state index contributed by atoms with van der Waals surface area (Å²) in [6, 6.07) is 13.3. The number of piperidine rings is 1. The number of carbonyl (C=O) groups is 1. The number of halogens is 1. The third-order valence-corrected chi connectivity index (χ3v) is 5.34. The van der Waals surface area contributed by atoms with Gasteiger partial charge >= 0.3 is 0 Å². The third-order valence-electron chi connectivity index (χ3n) is 4.97. The molecule has 2 aromatic rings. The SMILES string of the molecule is CCC(=NNC(=O)c1ccccn1)C1CCN(Cc2ccccc2Cl)CC1. The van der Waals surface area contributed by atoms with Gasteiger partial charge in [-0.2, -0.15) is 5.10 Å². The van der Waals surface area contributed by atoms with E-state index in [1.807, 2.05) is 18.2 Å². The number of hydrogen-bond acceptors (Lipinski definition) is 4. The Morgan fingerprint density at radius 2 is 1.96 bits per heavy atom. The molecule has 1 aromatic heterocycles. The van der Waals surface area contributed by atoms with E-state index >= 15 is 0 Å². The molecule has 1 N–H and O–H groups in total. The molecule has 0 unspecified atom stereocenters. The summed E-state index contributed by atoms with van der Waals surface area (Å²) in [6.07, 6.45) is 4.51. The van der Waals surface area contributed by atoms with Crippen LogP contribution < -0.4 is 5.43 Å². The standard InChI is InChI=1S/C21H25ClN4O/c1-2-19(24-25-21(27)20-9-5-6-12-23-20)16-10-13-26(14-11-16)15-17-7-3-4-8-18(17)22/h3-9,12,16H,2,10-11,13-15H2,1H3,(H,25,27). The quantitative estimate of drug-likeness (QED) is 0.601. The number of aromatic nitrogens is 1. The van der Waals surface area contributed by atoms with E-state index in [1.54, 1.807) is 24.4 Å². The lowest BCUT2D eigenvalue weighted by Gasteiger charge is -2.32. The summed E-state index contributed by atoms with van der Waals surface area (Å²) in [5.41, 5.74) is 5.27. The summed E-state index contributed by atoms with van der Waals surface area (Å²) in [5.74, 6) is 0.138. The van der Waals surface area contributed by atoms with Gasteiger partial charge in [0.15, 0.2) is 0 Å². The molecule has 1 saturated heterocycles. The van der Waals surface area contributed by atoms with Crippen molar-refractivity contribution in [3.8, 4) is 0 Å². The van der Waals surface area contributed by atoms with E-state index in [1.165, 1.54) is 5.56 Å². The maximum Gasteiger partial charge on any atom is 0.289 e. The summed E-state index contributed by atoms with van der Waals surface area (Å²) in [5, 5.41) is 5.23. The summed E-state index contributed by atoms with van der Waals surface area (Å²) >= 11 is 6.28. The minimum absolute atomic E-state index is 0.266. The molecule has 6 heteroatoms. The van der Waals surface area contributed by atoms with Gasteiger partial charge in [-0.1, -0.05) is 42.8 Å². The van der Waals surface area contributed by atoms with Crippen LogP contribution in [0.3, 0.4) is 0 Å². The fourth-order valence-electron chi connectivity index (χ4n) is 3.43. The second-order valence-electron chi connectivity index (χ2n) is 6.75. The van der Waals surface area contributed by atoms with Gasteiger partial charge in [0.2, 0.25) is 0 Å². The molecule has 0 radical (unpaired) electrons. The second kappa shape index (κ2) is 9.62. The fraction of sp³-hybridized carbons (Fsp3) is 0.381. The number of nitrogens with zero attached hydrogens (tertiary/aromatic N) is 3. The molecule has 1 fully saturated rings. The number of pyridine rings is 1. The number of hydrogen-bond donors (Lipinski definition) is 1. The van der Waals surface area contributed by atoms with Crippen LogP contribution in [0.1, 0.15) is 42.2 Å². The molecule has 2 heterocycles.